The number of morpholine rings is 1. The molecule has 8 rings (SSSR count). The molecule has 2 saturated heterocycles. The third kappa shape index (κ3) is 6.11. The van der Waals surface area contributed by atoms with E-state index in [1.165, 1.54) is 16.7 Å². The van der Waals surface area contributed by atoms with E-state index in [1.54, 1.807) is 29.4 Å². The van der Waals surface area contributed by atoms with Crippen LogP contribution in [-0.4, -0.2) is 76.2 Å². The van der Waals surface area contributed by atoms with E-state index < -0.39 is 17.3 Å². The Hall–Kier alpha value is -5.13. The fourth-order valence-corrected chi connectivity index (χ4v) is 7.35. The summed E-state index contributed by atoms with van der Waals surface area (Å²) in [6.07, 6.45) is -0.378. The van der Waals surface area contributed by atoms with Crippen molar-refractivity contribution < 1.29 is 22.7 Å². The zero-order chi connectivity index (χ0) is 34.4. The zero-order valence-electron chi connectivity index (χ0n) is 27.2. The van der Waals surface area contributed by atoms with Gasteiger partial charge in [0.2, 0.25) is 5.91 Å². The summed E-state index contributed by atoms with van der Waals surface area (Å²) < 4.78 is 51.1. The first-order valence-corrected chi connectivity index (χ1v) is 16.8. The molecule has 0 bridgehead atoms. The van der Waals surface area contributed by atoms with Gasteiger partial charge in [0.15, 0.2) is 0 Å². The van der Waals surface area contributed by atoms with Crippen LogP contribution in [0.4, 0.5) is 13.2 Å². The van der Waals surface area contributed by atoms with Crippen LogP contribution in [0.25, 0.3) is 49.5 Å². The molecule has 254 valence electrons. The number of para-hydroxylation sites is 1. The second kappa shape index (κ2) is 13.0. The van der Waals surface area contributed by atoms with Gasteiger partial charge in [-0.15, -0.1) is 0 Å². The van der Waals surface area contributed by atoms with E-state index in [4.69, 9.17) is 4.74 Å². The van der Waals surface area contributed by atoms with E-state index in [1.807, 2.05) is 53.4 Å². The van der Waals surface area contributed by atoms with Crippen LogP contribution in [0.5, 0.6) is 0 Å². The van der Waals surface area contributed by atoms with E-state index in [2.05, 4.69) is 9.97 Å². The zero-order valence-corrected chi connectivity index (χ0v) is 27.2. The van der Waals surface area contributed by atoms with Crippen LogP contribution in [-0.2, 0) is 15.7 Å². The van der Waals surface area contributed by atoms with Crippen LogP contribution in [0.1, 0.15) is 29.9 Å². The summed E-state index contributed by atoms with van der Waals surface area (Å²) in [5.74, 6) is -0.380. The lowest BCUT2D eigenvalue weighted by molar-refractivity contribution is -0.139. The standard InChI is InChI=1S/C39H34F3N5O3/c40-39(41,42)33-21-30(7-8-31(33)25-11-13-46(14-12-25)37(49)24-45-15-17-50-18-16-45)47-36(48)10-6-28-22-44-35-9-5-26(20-32(35)38(28)47)29-19-27-3-1-2-4-34(27)43-23-29/h1-10,19-23,25H,11-18,24H2. The second-order valence-electron chi connectivity index (χ2n) is 13.0. The lowest BCUT2D eigenvalue weighted by Crippen LogP contribution is -2.46. The molecular formula is C39H34F3N5O3. The minimum atomic E-state index is -4.65. The van der Waals surface area contributed by atoms with Gasteiger partial charge in [-0.2, -0.15) is 13.2 Å². The second-order valence-corrected chi connectivity index (χ2v) is 13.0. The van der Waals surface area contributed by atoms with Gasteiger partial charge in [0, 0.05) is 72.0 Å². The molecule has 0 unspecified atom stereocenters. The van der Waals surface area contributed by atoms with Crippen molar-refractivity contribution in [2.45, 2.75) is 24.9 Å². The van der Waals surface area contributed by atoms with Crippen molar-refractivity contribution in [1.82, 2.24) is 24.3 Å². The van der Waals surface area contributed by atoms with E-state index in [0.717, 1.165) is 28.1 Å². The minimum absolute atomic E-state index is 0.00572. The molecule has 3 aromatic carbocycles. The summed E-state index contributed by atoms with van der Waals surface area (Å²) in [6.45, 7) is 3.65. The third-order valence-electron chi connectivity index (χ3n) is 9.99. The smallest absolute Gasteiger partial charge is 0.379 e. The number of carbonyl (C=O) groups is 1. The Balaban J connectivity index is 1.16. The Labute approximate surface area is 285 Å². The van der Waals surface area contributed by atoms with Crippen LogP contribution in [0, 0.1) is 0 Å². The van der Waals surface area contributed by atoms with Crippen LogP contribution in [0.15, 0.2) is 96.1 Å². The number of hydrogen-bond donors (Lipinski definition) is 0. The van der Waals surface area contributed by atoms with Crippen LogP contribution >= 0.6 is 0 Å². The molecule has 0 spiro atoms. The van der Waals surface area contributed by atoms with Gasteiger partial charge in [-0.05, 0) is 72.4 Å². The molecule has 6 aromatic rings. The number of rotatable bonds is 5. The highest BCUT2D eigenvalue weighted by Crippen LogP contribution is 2.40. The summed E-state index contributed by atoms with van der Waals surface area (Å²) in [7, 11) is 0. The Morgan fingerprint density at radius 2 is 1.58 bits per heavy atom. The van der Waals surface area contributed by atoms with Crippen molar-refractivity contribution in [3.05, 3.63) is 113 Å². The molecule has 5 heterocycles. The topological polar surface area (TPSA) is 80.6 Å². The lowest BCUT2D eigenvalue weighted by atomic mass is 9.86. The number of amides is 1. The predicted molar refractivity (Wildman–Crippen MR) is 186 cm³/mol. The van der Waals surface area contributed by atoms with Gasteiger partial charge in [-0.1, -0.05) is 30.3 Å². The highest BCUT2D eigenvalue weighted by atomic mass is 19.4. The number of likely N-dealkylation sites (tertiary alicyclic amines) is 1. The number of piperidine rings is 1. The number of fused-ring (bicyclic) bond motifs is 4. The lowest BCUT2D eigenvalue weighted by Gasteiger charge is -2.35. The van der Waals surface area contributed by atoms with Crippen LogP contribution < -0.4 is 5.56 Å². The first-order valence-electron chi connectivity index (χ1n) is 16.8. The van der Waals surface area contributed by atoms with E-state index in [9.17, 15) is 22.8 Å². The number of carbonyl (C=O) groups excluding carboxylic acids is 1. The Morgan fingerprint density at radius 3 is 2.38 bits per heavy atom. The molecule has 2 fully saturated rings. The monoisotopic (exact) mass is 677 g/mol. The highest BCUT2D eigenvalue weighted by molar-refractivity contribution is 6.05. The number of nitrogens with zero attached hydrogens (tertiary/aromatic N) is 5. The van der Waals surface area contributed by atoms with Crippen molar-refractivity contribution in [3.8, 4) is 16.8 Å². The molecule has 0 N–H and O–H groups in total. The largest absolute Gasteiger partial charge is 0.416 e. The quantitative estimate of drug-likeness (QED) is 0.187. The number of halogens is 3. The number of ether oxygens (including phenoxy) is 1. The Morgan fingerprint density at radius 1 is 0.800 bits per heavy atom. The Kier molecular flexibility index (Phi) is 8.32. The van der Waals surface area contributed by atoms with Crippen molar-refractivity contribution in [1.29, 1.82) is 0 Å². The van der Waals surface area contributed by atoms with Crippen molar-refractivity contribution in [2.24, 2.45) is 0 Å². The summed E-state index contributed by atoms with van der Waals surface area (Å²) in [5.41, 5.74) is 2.76. The van der Waals surface area contributed by atoms with Crippen molar-refractivity contribution >= 4 is 38.6 Å². The van der Waals surface area contributed by atoms with Gasteiger partial charge in [-0.3, -0.25) is 29.0 Å². The molecule has 1 amide bonds. The third-order valence-corrected chi connectivity index (χ3v) is 9.99. The van der Waals surface area contributed by atoms with Gasteiger partial charge < -0.3 is 9.64 Å². The molecule has 0 aliphatic carbocycles. The number of benzene rings is 3. The maximum atomic E-state index is 14.8. The molecule has 50 heavy (non-hydrogen) atoms. The molecule has 0 radical (unpaired) electrons. The van der Waals surface area contributed by atoms with Crippen LogP contribution in [0.3, 0.4) is 0 Å². The number of pyridine rings is 3. The van der Waals surface area contributed by atoms with Gasteiger partial charge in [-0.25, -0.2) is 0 Å². The first-order chi connectivity index (χ1) is 24.2. The Bertz CT molecular complexity index is 2310. The van der Waals surface area contributed by atoms with Gasteiger partial charge in [0.1, 0.15) is 0 Å². The summed E-state index contributed by atoms with van der Waals surface area (Å²) in [4.78, 5) is 39.5. The molecular weight excluding hydrogens is 643 g/mol. The minimum Gasteiger partial charge on any atom is -0.379 e. The molecule has 2 aliphatic heterocycles. The summed E-state index contributed by atoms with van der Waals surface area (Å²) >= 11 is 0. The van der Waals surface area contributed by atoms with E-state index in [0.29, 0.717) is 80.6 Å². The van der Waals surface area contributed by atoms with Crippen LogP contribution in [0.2, 0.25) is 0 Å². The predicted octanol–water partition coefficient (Wildman–Crippen LogP) is 6.81. The number of hydrogen-bond acceptors (Lipinski definition) is 6. The van der Waals surface area contributed by atoms with Crippen molar-refractivity contribution in [2.75, 3.05) is 45.9 Å². The molecule has 11 heteroatoms. The number of alkyl halides is 3. The average molecular weight is 678 g/mol. The maximum absolute atomic E-state index is 14.8. The van der Waals surface area contributed by atoms with Gasteiger partial charge in [0.05, 0.1) is 41.9 Å². The molecule has 3 aromatic heterocycles. The highest BCUT2D eigenvalue weighted by Gasteiger charge is 2.37. The molecule has 0 saturated carbocycles. The maximum Gasteiger partial charge on any atom is 0.416 e. The first kappa shape index (κ1) is 32.1. The summed E-state index contributed by atoms with van der Waals surface area (Å²) in [5, 5.41) is 2.23. The summed E-state index contributed by atoms with van der Waals surface area (Å²) in [6, 6.07) is 22.7. The molecule has 0 atom stereocenters. The van der Waals surface area contributed by atoms with Gasteiger partial charge in [0.25, 0.3) is 5.56 Å². The van der Waals surface area contributed by atoms with E-state index >= 15 is 0 Å². The fraction of sp³-hybridized carbons (Fsp3) is 0.282. The molecule has 2 aliphatic rings. The average Bonchev–Trinajstić information content (AvgIpc) is 3.14. The molecule has 8 nitrogen and oxygen atoms in total. The fourth-order valence-electron chi connectivity index (χ4n) is 7.35. The SMILES string of the molecule is O=C(CN1CCOCC1)N1CCC(c2ccc(-n3c(=O)ccc4cnc5ccc(-c6cnc7ccccc7c6)cc5c43)cc2C(F)(F)F)CC1. The normalized spacial score (nSPS) is 16.4. The van der Waals surface area contributed by atoms with E-state index in [-0.39, 0.29) is 23.1 Å². The van der Waals surface area contributed by atoms with Gasteiger partial charge >= 0.3 is 6.18 Å². The number of aromatic nitrogens is 3. The van der Waals surface area contributed by atoms with Crippen molar-refractivity contribution in [3.63, 3.8) is 0 Å².